The lowest BCUT2D eigenvalue weighted by Gasteiger charge is -2.35. The van der Waals surface area contributed by atoms with Gasteiger partial charge < -0.3 is 10.6 Å². The second-order valence-electron chi connectivity index (χ2n) is 6.49. The fourth-order valence-electron chi connectivity index (χ4n) is 3.32. The van der Waals surface area contributed by atoms with E-state index in [0.29, 0.717) is 26.2 Å². The van der Waals surface area contributed by atoms with Crippen LogP contribution in [0.1, 0.15) is 15.9 Å². The Balaban J connectivity index is 1.86. The highest BCUT2D eigenvalue weighted by atomic mass is 16.6. The quantitative estimate of drug-likeness (QED) is 0.592. The molecule has 0 radical (unpaired) electrons. The van der Waals surface area contributed by atoms with Crippen molar-refractivity contribution >= 4 is 23.0 Å². The van der Waals surface area contributed by atoms with E-state index >= 15 is 0 Å². The normalized spacial score (nSPS) is 14.6. The van der Waals surface area contributed by atoms with Crippen molar-refractivity contribution in [3.05, 3.63) is 73.8 Å². The fourth-order valence-corrected chi connectivity index (χ4v) is 3.32. The predicted molar refractivity (Wildman–Crippen MR) is 102 cm³/mol. The van der Waals surface area contributed by atoms with E-state index in [2.05, 4.69) is 4.90 Å². The lowest BCUT2D eigenvalue weighted by molar-refractivity contribution is -0.392. The highest BCUT2D eigenvalue weighted by Crippen LogP contribution is 2.39. The number of hydrogen-bond donors (Lipinski definition) is 1. The summed E-state index contributed by atoms with van der Waals surface area (Å²) in [6.07, 6.45) is 0. The largest absolute Gasteiger partial charge is 0.366 e. The zero-order valence-corrected chi connectivity index (χ0v) is 15.0. The molecule has 1 fully saturated rings. The smallest absolute Gasteiger partial charge is 0.300 e. The van der Waals surface area contributed by atoms with Crippen LogP contribution >= 0.6 is 0 Å². The second-order valence-corrected chi connectivity index (χ2v) is 6.49. The molecular weight excluding hydrogens is 366 g/mol. The van der Waals surface area contributed by atoms with Gasteiger partial charge in [0.05, 0.1) is 15.4 Å². The average molecular weight is 385 g/mol. The average Bonchev–Trinajstić information content (AvgIpc) is 2.68. The molecular formula is C18H19N5O5. The lowest BCUT2D eigenvalue weighted by atomic mass is 10.1. The molecule has 1 heterocycles. The van der Waals surface area contributed by atoms with Gasteiger partial charge in [-0.15, -0.1) is 0 Å². The van der Waals surface area contributed by atoms with Crippen molar-refractivity contribution in [2.24, 2.45) is 5.73 Å². The first-order valence-electron chi connectivity index (χ1n) is 8.64. The SMILES string of the molecule is NC(=O)c1cc([N+](=O)[O-])c(N2CCN(Cc3ccccc3)CC2)c([N+](=O)[O-])c1. The van der Waals surface area contributed by atoms with E-state index in [4.69, 9.17) is 5.73 Å². The molecule has 2 aromatic rings. The van der Waals surface area contributed by atoms with E-state index < -0.39 is 27.1 Å². The fraction of sp³-hybridized carbons (Fsp3) is 0.278. The minimum atomic E-state index is -0.953. The number of rotatable bonds is 6. The third-order valence-electron chi connectivity index (χ3n) is 4.69. The predicted octanol–water partition coefficient (Wildman–Crippen LogP) is 1.92. The number of carbonyl (C=O) groups excluding carboxylic acids is 1. The number of benzene rings is 2. The van der Waals surface area contributed by atoms with E-state index in [1.165, 1.54) is 0 Å². The lowest BCUT2D eigenvalue weighted by Crippen LogP contribution is -2.46. The van der Waals surface area contributed by atoms with Crippen LogP contribution in [-0.4, -0.2) is 46.8 Å². The molecule has 10 nitrogen and oxygen atoms in total. The maximum atomic E-state index is 11.5. The van der Waals surface area contributed by atoms with Gasteiger partial charge in [-0.2, -0.15) is 0 Å². The first-order valence-corrected chi connectivity index (χ1v) is 8.64. The Labute approximate surface area is 160 Å². The zero-order chi connectivity index (χ0) is 20.3. The molecule has 2 N–H and O–H groups in total. The van der Waals surface area contributed by atoms with Crippen LogP contribution in [0.2, 0.25) is 0 Å². The Morgan fingerprint density at radius 1 is 0.964 bits per heavy atom. The summed E-state index contributed by atoms with van der Waals surface area (Å²) in [6, 6.07) is 11.9. The van der Waals surface area contributed by atoms with Gasteiger partial charge >= 0.3 is 0 Å². The second kappa shape index (κ2) is 8.01. The third-order valence-corrected chi connectivity index (χ3v) is 4.69. The number of nitro benzene ring substituents is 2. The molecule has 1 aliphatic heterocycles. The number of nitro groups is 2. The molecule has 0 saturated carbocycles. The number of hydrogen-bond acceptors (Lipinski definition) is 7. The van der Waals surface area contributed by atoms with Gasteiger partial charge in [-0.25, -0.2) is 0 Å². The Kier molecular flexibility index (Phi) is 5.50. The first kappa shape index (κ1) is 19.2. The van der Waals surface area contributed by atoms with Gasteiger partial charge in [-0.3, -0.25) is 29.9 Å². The van der Waals surface area contributed by atoms with Crippen molar-refractivity contribution in [2.45, 2.75) is 6.54 Å². The van der Waals surface area contributed by atoms with E-state index in [9.17, 15) is 25.0 Å². The molecule has 3 rings (SSSR count). The highest BCUT2D eigenvalue weighted by Gasteiger charge is 2.33. The number of anilines is 1. The minimum absolute atomic E-state index is 0.0839. The monoisotopic (exact) mass is 385 g/mol. The molecule has 0 unspecified atom stereocenters. The highest BCUT2D eigenvalue weighted by molar-refractivity contribution is 5.96. The summed E-state index contributed by atoms with van der Waals surface area (Å²) in [6.45, 7) is 2.72. The summed E-state index contributed by atoms with van der Waals surface area (Å²) in [5.41, 5.74) is 5.00. The standard InChI is InChI=1S/C18H19N5O5/c19-18(24)14-10-15(22(25)26)17(16(11-14)23(27)28)21-8-6-20(7-9-21)12-13-4-2-1-3-5-13/h1-5,10-11H,6-9,12H2,(H2,19,24). The molecule has 0 aromatic heterocycles. The molecule has 2 aromatic carbocycles. The third kappa shape index (κ3) is 4.07. The van der Waals surface area contributed by atoms with E-state index in [1.54, 1.807) is 4.90 Å². The maximum absolute atomic E-state index is 11.5. The van der Waals surface area contributed by atoms with Crippen molar-refractivity contribution < 1.29 is 14.6 Å². The molecule has 1 amide bonds. The first-order chi connectivity index (χ1) is 13.4. The summed E-state index contributed by atoms with van der Waals surface area (Å²) in [5, 5.41) is 23.0. The van der Waals surface area contributed by atoms with Crippen LogP contribution in [0.4, 0.5) is 17.1 Å². The molecule has 0 bridgehead atoms. The summed E-state index contributed by atoms with van der Waals surface area (Å²) in [7, 11) is 0. The summed E-state index contributed by atoms with van der Waals surface area (Å²) >= 11 is 0. The molecule has 0 aliphatic carbocycles. The van der Waals surface area contributed by atoms with E-state index in [1.807, 2.05) is 30.3 Å². The van der Waals surface area contributed by atoms with E-state index in [-0.39, 0.29) is 11.3 Å². The minimum Gasteiger partial charge on any atom is -0.366 e. The molecule has 28 heavy (non-hydrogen) atoms. The zero-order valence-electron chi connectivity index (χ0n) is 15.0. The van der Waals surface area contributed by atoms with Crippen LogP contribution < -0.4 is 10.6 Å². The van der Waals surface area contributed by atoms with Gasteiger partial charge in [0.1, 0.15) is 0 Å². The molecule has 146 valence electrons. The number of primary amides is 1. The molecule has 1 aliphatic rings. The van der Waals surface area contributed by atoms with Crippen LogP contribution in [0.15, 0.2) is 42.5 Å². The van der Waals surface area contributed by atoms with Crippen LogP contribution in [0, 0.1) is 20.2 Å². The van der Waals surface area contributed by atoms with Crippen LogP contribution in [0.3, 0.4) is 0 Å². The summed E-state index contributed by atoms with van der Waals surface area (Å²) in [4.78, 5) is 36.8. The van der Waals surface area contributed by atoms with Gasteiger partial charge in [0.2, 0.25) is 5.91 Å². The van der Waals surface area contributed by atoms with Gasteiger partial charge in [-0.1, -0.05) is 30.3 Å². The van der Waals surface area contributed by atoms with Crippen molar-refractivity contribution in [2.75, 3.05) is 31.1 Å². The molecule has 10 heteroatoms. The van der Waals surface area contributed by atoms with Crippen molar-refractivity contribution in [3.63, 3.8) is 0 Å². The Bertz CT molecular complexity index is 875. The number of nitrogens with two attached hydrogens (primary N) is 1. The van der Waals surface area contributed by atoms with Crippen LogP contribution in [0.25, 0.3) is 0 Å². The number of piperazine rings is 1. The molecule has 0 spiro atoms. The van der Waals surface area contributed by atoms with Crippen LogP contribution in [0.5, 0.6) is 0 Å². The topological polar surface area (TPSA) is 136 Å². The molecule has 0 atom stereocenters. The van der Waals surface area contributed by atoms with E-state index in [0.717, 1.165) is 24.2 Å². The number of amides is 1. The number of nitrogens with zero attached hydrogens (tertiary/aromatic N) is 4. The summed E-state index contributed by atoms with van der Waals surface area (Å²) in [5.74, 6) is -0.953. The Morgan fingerprint density at radius 2 is 1.50 bits per heavy atom. The van der Waals surface area contributed by atoms with Gasteiger partial charge in [0, 0.05) is 44.9 Å². The Morgan fingerprint density at radius 3 is 1.96 bits per heavy atom. The molecule has 1 saturated heterocycles. The van der Waals surface area contributed by atoms with Crippen molar-refractivity contribution in [1.29, 1.82) is 0 Å². The van der Waals surface area contributed by atoms with Gasteiger partial charge in [-0.05, 0) is 5.56 Å². The van der Waals surface area contributed by atoms with Gasteiger partial charge in [0.25, 0.3) is 11.4 Å². The van der Waals surface area contributed by atoms with Crippen LogP contribution in [-0.2, 0) is 6.54 Å². The number of carbonyl (C=O) groups is 1. The maximum Gasteiger partial charge on any atom is 0.300 e. The van der Waals surface area contributed by atoms with Crippen molar-refractivity contribution in [3.8, 4) is 0 Å². The Hall–Kier alpha value is -3.53. The van der Waals surface area contributed by atoms with Crippen molar-refractivity contribution in [1.82, 2.24) is 4.90 Å². The summed E-state index contributed by atoms with van der Waals surface area (Å²) < 4.78 is 0. The van der Waals surface area contributed by atoms with Gasteiger partial charge in [0.15, 0.2) is 5.69 Å².